The van der Waals surface area contributed by atoms with Crippen molar-refractivity contribution in [2.45, 2.75) is 36.5 Å². The third-order valence-electron chi connectivity index (χ3n) is 3.51. The highest BCUT2D eigenvalue weighted by Gasteiger charge is 2.27. The molecule has 0 N–H and O–H groups in total. The van der Waals surface area contributed by atoms with E-state index in [9.17, 15) is 13.6 Å². The SMILES string of the molecule is O=CC(c1ccccc1S(=O)[O-])C1CCCC1. The summed E-state index contributed by atoms with van der Waals surface area (Å²) in [6.07, 6.45) is 5.21. The molecule has 4 heteroatoms. The number of hydrogen-bond acceptors (Lipinski definition) is 3. The molecular formula is C13H15O3S-. The van der Waals surface area contributed by atoms with E-state index in [0.29, 0.717) is 11.5 Å². The molecule has 0 saturated heterocycles. The molecule has 0 spiro atoms. The summed E-state index contributed by atoms with van der Waals surface area (Å²) in [5.74, 6) is 0.0313. The van der Waals surface area contributed by atoms with Gasteiger partial charge in [0, 0.05) is 10.8 Å². The quantitative estimate of drug-likeness (QED) is 0.610. The molecule has 92 valence electrons. The van der Waals surface area contributed by atoms with Crippen LogP contribution in [0, 0.1) is 5.92 Å². The second-order valence-electron chi connectivity index (χ2n) is 4.48. The van der Waals surface area contributed by atoms with Crippen molar-refractivity contribution in [3.63, 3.8) is 0 Å². The molecule has 1 aliphatic rings. The Kier molecular flexibility index (Phi) is 4.07. The highest BCUT2D eigenvalue weighted by Crippen LogP contribution is 2.37. The lowest BCUT2D eigenvalue weighted by molar-refractivity contribution is -0.110. The lowest BCUT2D eigenvalue weighted by atomic mass is 9.86. The minimum atomic E-state index is -2.27. The minimum Gasteiger partial charge on any atom is -0.768 e. The summed E-state index contributed by atoms with van der Waals surface area (Å²) in [4.78, 5) is 11.5. The van der Waals surface area contributed by atoms with Gasteiger partial charge >= 0.3 is 0 Å². The van der Waals surface area contributed by atoms with E-state index in [2.05, 4.69) is 0 Å². The van der Waals surface area contributed by atoms with Gasteiger partial charge < -0.3 is 9.35 Å². The molecule has 2 atom stereocenters. The van der Waals surface area contributed by atoms with Gasteiger partial charge in [0.05, 0.1) is 0 Å². The van der Waals surface area contributed by atoms with Crippen LogP contribution in [0.2, 0.25) is 0 Å². The van der Waals surface area contributed by atoms with E-state index in [4.69, 9.17) is 0 Å². The van der Waals surface area contributed by atoms with Crippen LogP contribution in [0.4, 0.5) is 0 Å². The van der Waals surface area contributed by atoms with Gasteiger partial charge in [-0.3, -0.25) is 4.21 Å². The first-order chi connectivity index (χ1) is 8.24. The molecule has 1 fully saturated rings. The molecule has 2 rings (SSSR count). The zero-order valence-electron chi connectivity index (χ0n) is 9.50. The van der Waals surface area contributed by atoms with Gasteiger partial charge in [-0.05, 0) is 41.5 Å². The normalized spacial score (nSPS) is 20.1. The highest BCUT2D eigenvalue weighted by molar-refractivity contribution is 7.79. The maximum absolute atomic E-state index is 11.3. The van der Waals surface area contributed by atoms with Gasteiger partial charge in [-0.25, -0.2) is 0 Å². The van der Waals surface area contributed by atoms with E-state index < -0.39 is 11.1 Å². The Labute approximate surface area is 104 Å². The fourth-order valence-corrected chi connectivity index (χ4v) is 3.25. The number of benzene rings is 1. The van der Waals surface area contributed by atoms with Crippen molar-refractivity contribution in [2.24, 2.45) is 5.92 Å². The van der Waals surface area contributed by atoms with Crippen LogP contribution in [-0.2, 0) is 15.9 Å². The van der Waals surface area contributed by atoms with E-state index in [0.717, 1.165) is 32.0 Å². The Balaban J connectivity index is 2.36. The molecule has 0 heterocycles. The summed E-state index contributed by atoms with van der Waals surface area (Å²) in [7, 11) is 0. The molecule has 0 radical (unpaired) electrons. The molecule has 1 aromatic rings. The second-order valence-corrected chi connectivity index (χ2v) is 5.39. The van der Waals surface area contributed by atoms with Crippen LogP contribution >= 0.6 is 0 Å². The van der Waals surface area contributed by atoms with Crippen molar-refractivity contribution in [3.8, 4) is 0 Å². The maximum Gasteiger partial charge on any atom is 0.127 e. The Bertz CT molecular complexity index is 424. The smallest absolute Gasteiger partial charge is 0.127 e. The highest BCUT2D eigenvalue weighted by atomic mass is 32.2. The fraction of sp³-hybridized carbons (Fsp3) is 0.462. The van der Waals surface area contributed by atoms with Crippen LogP contribution in [0.3, 0.4) is 0 Å². The van der Waals surface area contributed by atoms with Gasteiger partial charge in [0.15, 0.2) is 0 Å². The first kappa shape index (κ1) is 12.5. The molecule has 0 aromatic heterocycles. The van der Waals surface area contributed by atoms with Gasteiger partial charge in [0.1, 0.15) is 6.29 Å². The summed E-state index contributed by atoms with van der Waals surface area (Å²) >= 11 is -2.27. The Hall–Kier alpha value is -1.00. The number of hydrogen-bond donors (Lipinski definition) is 0. The van der Waals surface area contributed by atoms with Crippen molar-refractivity contribution in [1.29, 1.82) is 0 Å². The van der Waals surface area contributed by atoms with Crippen LogP contribution in [0.5, 0.6) is 0 Å². The van der Waals surface area contributed by atoms with Gasteiger partial charge in [-0.1, -0.05) is 31.0 Å². The molecule has 1 aromatic carbocycles. The van der Waals surface area contributed by atoms with Crippen molar-refractivity contribution in [3.05, 3.63) is 29.8 Å². The van der Waals surface area contributed by atoms with E-state index in [-0.39, 0.29) is 10.8 Å². The molecule has 0 bridgehead atoms. The van der Waals surface area contributed by atoms with E-state index in [1.54, 1.807) is 24.3 Å². The lowest BCUT2D eigenvalue weighted by Crippen LogP contribution is -2.13. The summed E-state index contributed by atoms with van der Waals surface area (Å²) in [6, 6.07) is 6.79. The second kappa shape index (κ2) is 5.56. The topological polar surface area (TPSA) is 57.2 Å². The molecule has 1 aliphatic carbocycles. The summed E-state index contributed by atoms with van der Waals surface area (Å²) < 4.78 is 22.3. The van der Waals surface area contributed by atoms with Crippen LogP contribution in [0.25, 0.3) is 0 Å². The van der Waals surface area contributed by atoms with Gasteiger partial charge in [0.2, 0.25) is 0 Å². The molecule has 17 heavy (non-hydrogen) atoms. The average molecular weight is 251 g/mol. The minimum absolute atomic E-state index is 0.261. The number of rotatable bonds is 4. The number of carbonyl (C=O) groups excluding carboxylic acids is 1. The van der Waals surface area contributed by atoms with Crippen LogP contribution in [0.1, 0.15) is 37.2 Å². The zero-order valence-corrected chi connectivity index (χ0v) is 10.3. The van der Waals surface area contributed by atoms with Crippen LogP contribution in [0.15, 0.2) is 29.2 Å². The van der Waals surface area contributed by atoms with Crippen molar-refractivity contribution in [1.82, 2.24) is 0 Å². The Morgan fingerprint density at radius 2 is 1.94 bits per heavy atom. The first-order valence-corrected chi connectivity index (χ1v) is 6.95. The van der Waals surface area contributed by atoms with Crippen molar-refractivity contribution >= 4 is 17.4 Å². The standard InChI is InChI=1S/C13H16O3S/c14-9-12(10-5-1-2-6-10)11-7-3-4-8-13(11)17(15)16/h3-4,7-10,12H,1-2,5-6H2,(H,15,16)/p-1. The zero-order chi connectivity index (χ0) is 12.3. The van der Waals surface area contributed by atoms with Gasteiger partial charge in [-0.2, -0.15) is 0 Å². The fourth-order valence-electron chi connectivity index (χ4n) is 2.66. The lowest BCUT2D eigenvalue weighted by Gasteiger charge is -2.21. The van der Waals surface area contributed by atoms with Gasteiger partial charge in [0.25, 0.3) is 0 Å². The molecule has 1 saturated carbocycles. The predicted molar refractivity (Wildman–Crippen MR) is 64.4 cm³/mol. The summed E-state index contributed by atoms with van der Waals surface area (Å²) in [5.41, 5.74) is 0.655. The Morgan fingerprint density at radius 1 is 1.29 bits per heavy atom. The van der Waals surface area contributed by atoms with Crippen molar-refractivity contribution < 1.29 is 13.6 Å². The molecule has 2 unspecified atom stereocenters. The monoisotopic (exact) mass is 251 g/mol. The van der Waals surface area contributed by atoms with E-state index >= 15 is 0 Å². The first-order valence-electron chi connectivity index (χ1n) is 5.87. The number of aldehydes is 1. The largest absolute Gasteiger partial charge is 0.768 e. The third kappa shape index (κ3) is 2.64. The van der Waals surface area contributed by atoms with E-state index in [1.807, 2.05) is 0 Å². The average Bonchev–Trinajstić information content (AvgIpc) is 2.84. The van der Waals surface area contributed by atoms with Crippen LogP contribution in [-0.4, -0.2) is 15.0 Å². The molecule has 3 nitrogen and oxygen atoms in total. The molecule has 0 aliphatic heterocycles. The van der Waals surface area contributed by atoms with Crippen molar-refractivity contribution in [2.75, 3.05) is 0 Å². The van der Waals surface area contributed by atoms with Gasteiger partial charge in [-0.15, -0.1) is 0 Å². The summed E-state index contributed by atoms with van der Waals surface area (Å²) in [5, 5.41) is 0. The van der Waals surface area contributed by atoms with E-state index in [1.165, 1.54) is 0 Å². The van der Waals surface area contributed by atoms with Crippen LogP contribution < -0.4 is 0 Å². The molecule has 0 amide bonds. The molecular weight excluding hydrogens is 236 g/mol. The summed E-state index contributed by atoms with van der Waals surface area (Å²) in [6.45, 7) is 0. The Morgan fingerprint density at radius 3 is 2.53 bits per heavy atom. The predicted octanol–water partition coefficient (Wildman–Crippen LogP) is 2.40. The number of carbonyl (C=O) groups is 1. The third-order valence-corrected chi connectivity index (χ3v) is 4.24. The maximum atomic E-state index is 11.3.